The van der Waals surface area contributed by atoms with Crippen LogP contribution in [0.15, 0.2) is 48.5 Å². The summed E-state index contributed by atoms with van der Waals surface area (Å²) in [5, 5.41) is 3.51. The van der Waals surface area contributed by atoms with E-state index in [1.54, 1.807) is 7.11 Å². The smallest absolute Gasteiger partial charge is 0.119 e. The summed E-state index contributed by atoms with van der Waals surface area (Å²) >= 11 is 0. The summed E-state index contributed by atoms with van der Waals surface area (Å²) < 4.78 is 10.6. The summed E-state index contributed by atoms with van der Waals surface area (Å²) in [6.45, 7) is 4.13. The lowest BCUT2D eigenvalue weighted by Gasteiger charge is -2.17. The molecule has 23 heavy (non-hydrogen) atoms. The minimum atomic E-state index is 0.156. The first kappa shape index (κ1) is 17.3. The lowest BCUT2D eigenvalue weighted by Crippen LogP contribution is -2.29. The summed E-state index contributed by atoms with van der Waals surface area (Å²) in [6, 6.07) is 16.4. The number of hydrogen-bond acceptors (Lipinski definition) is 4. The molecule has 0 fully saturated rings. The number of ether oxygens (including phenoxy) is 2. The first-order chi connectivity index (χ1) is 11.3. The number of nitrogens with one attached hydrogen (secondary N) is 1. The maximum atomic E-state index is 5.90. The van der Waals surface area contributed by atoms with E-state index in [4.69, 9.17) is 15.2 Å². The third-order valence-electron chi connectivity index (χ3n) is 3.79. The first-order valence-electron chi connectivity index (χ1n) is 8.06. The van der Waals surface area contributed by atoms with Crippen LogP contribution in [0.2, 0.25) is 0 Å². The van der Waals surface area contributed by atoms with Gasteiger partial charge in [0.2, 0.25) is 0 Å². The Labute approximate surface area is 138 Å². The predicted octanol–water partition coefficient (Wildman–Crippen LogP) is 2.93. The van der Waals surface area contributed by atoms with E-state index in [1.165, 1.54) is 11.1 Å². The Balaban J connectivity index is 1.85. The second kappa shape index (κ2) is 9.18. The maximum absolute atomic E-state index is 5.90. The molecule has 2 rings (SSSR count). The minimum absolute atomic E-state index is 0.156. The average molecular weight is 314 g/mol. The molecule has 4 heteroatoms. The Hall–Kier alpha value is -2.04. The molecule has 1 unspecified atom stereocenters. The molecule has 0 aromatic heterocycles. The van der Waals surface area contributed by atoms with Crippen molar-refractivity contribution in [1.29, 1.82) is 0 Å². The molecule has 0 amide bonds. The van der Waals surface area contributed by atoms with Crippen molar-refractivity contribution in [2.24, 2.45) is 5.73 Å². The molecule has 4 nitrogen and oxygen atoms in total. The SMILES string of the molecule is CCOc1ccc(CCNC(CN)c2ccc(OC)cc2)cc1. The quantitative estimate of drug-likeness (QED) is 0.747. The maximum Gasteiger partial charge on any atom is 0.119 e. The summed E-state index contributed by atoms with van der Waals surface area (Å²) in [5.74, 6) is 1.78. The molecule has 0 aliphatic heterocycles. The van der Waals surface area contributed by atoms with Gasteiger partial charge in [-0.05, 0) is 55.3 Å². The van der Waals surface area contributed by atoms with E-state index in [-0.39, 0.29) is 6.04 Å². The fourth-order valence-corrected chi connectivity index (χ4v) is 2.48. The molecule has 1 atom stereocenters. The lowest BCUT2D eigenvalue weighted by atomic mass is 10.1. The number of benzene rings is 2. The van der Waals surface area contributed by atoms with E-state index >= 15 is 0 Å². The molecule has 2 aromatic rings. The van der Waals surface area contributed by atoms with Gasteiger partial charge in [0.05, 0.1) is 13.7 Å². The average Bonchev–Trinajstić information content (AvgIpc) is 2.61. The standard InChI is InChI=1S/C19H26N2O2/c1-3-23-18-8-4-15(5-9-18)12-13-21-19(14-20)16-6-10-17(22-2)11-7-16/h4-11,19,21H,3,12-14,20H2,1-2H3. The topological polar surface area (TPSA) is 56.5 Å². The van der Waals surface area contributed by atoms with Gasteiger partial charge in [0.15, 0.2) is 0 Å². The summed E-state index contributed by atoms with van der Waals surface area (Å²) in [4.78, 5) is 0. The van der Waals surface area contributed by atoms with Crippen LogP contribution in [0.5, 0.6) is 11.5 Å². The summed E-state index contributed by atoms with van der Waals surface area (Å²) in [6.07, 6.45) is 0.957. The number of methoxy groups -OCH3 is 1. The van der Waals surface area contributed by atoms with Crippen LogP contribution >= 0.6 is 0 Å². The van der Waals surface area contributed by atoms with Crippen LogP contribution in [0, 0.1) is 0 Å². The van der Waals surface area contributed by atoms with Gasteiger partial charge in [0.25, 0.3) is 0 Å². The molecule has 0 aliphatic rings. The van der Waals surface area contributed by atoms with Crippen molar-refractivity contribution < 1.29 is 9.47 Å². The molecule has 0 bridgehead atoms. The zero-order valence-corrected chi connectivity index (χ0v) is 13.9. The molecule has 0 aliphatic carbocycles. The van der Waals surface area contributed by atoms with Gasteiger partial charge >= 0.3 is 0 Å². The zero-order chi connectivity index (χ0) is 16.5. The van der Waals surface area contributed by atoms with Gasteiger partial charge < -0.3 is 20.5 Å². The largest absolute Gasteiger partial charge is 0.497 e. The van der Waals surface area contributed by atoms with Crippen LogP contribution in [0.3, 0.4) is 0 Å². The van der Waals surface area contributed by atoms with Crippen molar-refractivity contribution in [3.63, 3.8) is 0 Å². The van der Waals surface area contributed by atoms with Crippen LogP contribution in [0.25, 0.3) is 0 Å². The van der Waals surface area contributed by atoms with Crippen LogP contribution in [0.1, 0.15) is 24.1 Å². The van der Waals surface area contributed by atoms with Crippen LogP contribution < -0.4 is 20.5 Å². The molecule has 0 heterocycles. The molecule has 124 valence electrons. The third-order valence-corrected chi connectivity index (χ3v) is 3.79. The normalized spacial score (nSPS) is 12.0. The first-order valence-corrected chi connectivity index (χ1v) is 8.06. The van der Waals surface area contributed by atoms with Crippen molar-refractivity contribution in [2.45, 2.75) is 19.4 Å². The van der Waals surface area contributed by atoms with E-state index in [0.29, 0.717) is 13.2 Å². The highest BCUT2D eigenvalue weighted by molar-refractivity contribution is 5.30. The molecule has 0 saturated carbocycles. The van der Waals surface area contributed by atoms with E-state index in [2.05, 4.69) is 29.6 Å². The van der Waals surface area contributed by atoms with Gasteiger partial charge in [-0.15, -0.1) is 0 Å². The second-order valence-electron chi connectivity index (χ2n) is 5.34. The highest BCUT2D eigenvalue weighted by Crippen LogP contribution is 2.17. The van der Waals surface area contributed by atoms with E-state index in [9.17, 15) is 0 Å². The van der Waals surface area contributed by atoms with Gasteiger partial charge in [-0.3, -0.25) is 0 Å². The van der Waals surface area contributed by atoms with Gasteiger partial charge in [-0.25, -0.2) is 0 Å². The molecule has 0 saturated heterocycles. The fourth-order valence-electron chi connectivity index (χ4n) is 2.48. The van der Waals surface area contributed by atoms with Crippen molar-refractivity contribution in [2.75, 3.05) is 26.8 Å². The van der Waals surface area contributed by atoms with Gasteiger partial charge in [-0.1, -0.05) is 24.3 Å². The summed E-state index contributed by atoms with van der Waals surface area (Å²) in [7, 11) is 1.67. The molecular formula is C19H26N2O2. The van der Waals surface area contributed by atoms with Crippen LogP contribution in [-0.4, -0.2) is 26.8 Å². The van der Waals surface area contributed by atoms with Crippen LogP contribution in [-0.2, 0) is 6.42 Å². The van der Waals surface area contributed by atoms with E-state index < -0.39 is 0 Å². The Morgan fingerprint density at radius 3 is 2.22 bits per heavy atom. The second-order valence-corrected chi connectivity index (χ2v) is 5.34. The molecule has 0 radical (unpaired) electrons. The van der Waals surface area contributed by atoms with Crippen molar-refractivity contribution >= 4 is 0 Å². The monoisotopic (exact) mass is 314 g/mol. The van der Waals surface area contributed by atoms with Gasteiger partial charge in [-0.2, -0.15) is 0 Å². The highest BCUT2D eigenvalue weighted by atomic mass is 16.5. The zero-order valence-electron chi connectivity index (χ0n) is 13.9. The summed E-state index contributed by atoms with van der Waals surface area (Å²) in [5.41, 5.74) is 8.36. The Bertz CT molecular complexity index is 567. The van der Waals surface area contributed by atoms with Crippen molar-refractivity contribution in [3.05, 3.63) is 59.7 Å². The van der Waals surface area contributed by atoms with Crippen molar-refractivity contribution in [3.8, 4) is 11.5 Å². The Morgan fingerprint density at radius 1 is 1.00 bits per heavy atom. The molecule has 2 aromatic carbocycles. The van der Waals surface area contributed by atoms with Gasteiger partial charge in [0.1, 0.15) is 11.5 Å². The Morgan fingerprint density at radius 2 is 1.65 bits per heavy atom. The predicted molar refractivity (Wildman–Crippen MR) is 94.1 cm³/mol. The van der Waals surface area contributed by atoms with Crippen LogP contribution in [0.4, 0.5) is 0 Å². The molecule has 3 N–H and O–H groups in total. The third kappa shape index (κ3) is 5.27. The highest BCUT2D eigenvalue weighted by Gasteiger charge is 2.08. The lowest BCUT2D eigenvalue weighted by molar-refractivity contribution is 0.340. The van der Waals surface area contributed by atoms with Crippen molar-refractivity contribution in [1.82, 2.24) is 5.32 Å². The molecule has 0 spiro atoms. The number of nitrogens with two attached hydrogens (primary N) is 1. The number of hydrogen-bond donors (Lipinski definition) is 2. The minimum Gasteiger partial charge on any atom is -0.497 e. The Kier molecular flexibility index (Phi) is 6.91. The van der Waals surface area contributed by atoms with Gasteiger partial charge in [0, 0.05) is 12.6 Å². The fraction of sp³-hybridized carbons (Fsp3) is 0.368. The molecular weight excluding hydrogens is 288 g/mol. The van der Waals surface area contributed by atoms with E-state index in [0.717, 1.165) is 24.5 Å². The van der Waals surface area contributed by atoms with E-state index in [1.807, 2.05) is 31.2 Å². The number of rotatable bonds is 9.